The largest absolute Gasteiger partial charge is 0.454 e. The lowest BCUT2D eigenvalue weighted by molar-refractivity contribution is -0.116. The van der Waals surface area contributed by atoms with Gasteiger partial charge in [-0.2, -0.15) is 4.98 Å². The van der Waals surface area contributed by atoms with Crippen LogP contribution in [0, 0.1) is 0 Å². The Morgan fingerprint density at radius 1 is 1.20 bits per heavy atom. The number of pyridine rings is 1. The van der Waals surface area contributed by atoms with E-state index in [1.807, 2.05) is 6.07 Å². The minimum Gasteiger partial charge on any atom is -0.454 e. The number of anilines is 1. The number of fused-ring (bicyclic) bond motifs is 1. The molecule has 0 radical (unpaired) electrons. The van der Waals surface area contributed by atoms with E-state index in [4.69, 9.17) is 14.0 Å². The van der Waals surface area contributed by atoms with Crippen LogP contribution in [0.1, 0.15) is 12.3 Å². The first-order valence-electron chi connectivity index (χ1n) is 7.70. The fourth-order valence-corrected chi connectivity index (χ4v) is 2.39. The van der Waals surface area contributed by atoms with Crippen molar-refractivity contribution in [1.29, 1.82) is 0 Å². The van der Waals surface area contributed by atoms with Crippen molar-refractivity contribution in [3.63, 3.8) is 0 Å². The maximum Gasteiger partial charge on any atom is 0.231 e. The van der Waals surface area contributed by atoms with E-state index in [0.29, 0.717) is 35.3 Å². The number of carbonyl (C=O) groups is 1. The van der Waals surface area contributed by atoms with Crippen molar-refractivity contribution in [3.05, 3.63) is 48.6 Å². The third-order valence-electron chi connectivity index (χ3n) is 3.61. The molecule has 0 saturated carbocycles. The minimum atomic E-state index is -0.153. The molecule has 0 fully saturated rings. The van der Waals surface area contributed by atoms with Crippen molar-refractivity contribution in [2.24, 2.45) is 0 Å². The van der Waals surface area contributed by atoms with Gasteiger partial charge in [0.1, 0.15) is 0 Å². The van der Waals surface area contributed by atoms with Gasteiger partial charge in [-0.15, -0.1) is 0 Å². The van der Waals surface area contributed by atoms with Gasteiger partial charge in [0, 0.05) is 42.6 Å². The summed E-state index contributed by atoms with van der Waals surface area (Å²) in [5.41, 5.74) is 1.41. The number of aromatic nitrogens is 3. The fourth-order valence-electron chi connectivity index (χ4n) is 2.39. The molecule has 1 N–H and O–H groups in total. The number of amides is 1. The number of nitrogens with one attached hydrogen (secondary N) is 1. The molecule has 1 aliphatic rings. The topological polar surface area (TPSA) is 99.4 Å². The zero-order valence-electron chi connectivity index (χ0n) is 13.1. The first-order valence-corrected chi connectivity index (χ1v) is 7.70. The maximum absolute atomic E-state index is 12.1. The number of aryl methyl sites for hydroxylation is 1. The van der Waals surface area contributed by atoms with Crippen LogP contribution in [-0.4, -0.2) is 27.8 Å². The molecule has 0 spiro atoms. The normalized spacial score (nSPS) is 12.2. The van der Waals surface area contributed by atoms with Gasteiger partial charge in [0.05, 0.1) is 0 Å². The summed E-state index contributed by atoms with van der Waals surface area (Å²) >= 11 is 0. The number of rotatable bonds is 5. The molecule has 4 rings (SSSR count). The zero-order chi connectivity index (χ0) is 17.1. The third kappa shape index (κ3) is 3.42. The molecule has 0 aliphatic carbocycles. The molecule has 0 bridgehead atoms. The predicted molar refractivity (Wildman–Crippen MR) is 87.0 cm³/mol. The number of ether oxygens (including phenoxy) is 2. The standard InChI is InChI=1S/C17H14N4O4/c22-15(19-12-3-4-13-14(8-12)24-10-23-13)5-6-16-20-17(21-25-16)11-2-1-7-18-9-11/h1-4,7-9H,5-6,10H2,(H,19,22). The SMILES string of the molecule is O=C(CCc1nc(-c2cccnc2)no1)Nc1ccc2c(c1)OCO2. The molecule has 0 unspecified atom stereocenters. The van der Waals surface area contributed by atoms with E-state index in [9.17, 15) is 4.79 Å². The lowest BCUT2D eigenvalue weighted by Crippen LogP contribution is -2.12. The van der Waals surface area contributed by atoms with E-state index >= 15 is 0 Å². The summed E-state index contributed by atoms with van der Waals surface area (Å²) < 4.78 is 15.7. The molecule has 3 heterocycles. The Balaban J connectivity index is 1.34. The minimum absolute atomic E-state index is 0.153. The summed E-state index contributed by atoms with van der Waals surface area (Å²) in [6, 6.07) is 8.89. The Morgan fingerprint density at radius 2 is 2.12 bits per heavy atom. The van der Waals surface area contributed by atoms with Crippen molar-refractivity contribution < 1.29 is 18.8 Å². The van der Waals surface area contributed by atoms with Crippen molar-refractivity contribution in [2.45, 2.75) is 12.8 Å². The fraction of sp³-hybridized carbons (Fsp3) is 0.176. The summed E-state index contributed by atoms with van der Waals surface area (Å²) in [4.78, 5) is 20.4. The van der Waals surface area contributed by atoms with E-state index in [0.717, 1.165) is 5.56 Å². The second-order valence-electron chi connectivity index (χ2n) is 5.37. The van der Waals surface area contributed by atoms with Crippen LogP contribution >= 0.6 is 0 Å². The third-order valence-corrected chi connectivity index (χ3v) is 3.61. The van der Waals surface area contributed by atoms with Crippen LogP contribution in [0.4, 0.5) is 5.69 Å². The van der Waals surface area contributed by atoms with E-state index in [2.05, 4.69) is 20.4 Å². The summed E-state index contributed by atoms with van der Waals surface area (Å²) in [5.74, 6) is 2.00. The van der Waals surface area contributed by atoms with Gasteiger partial charge >= 0.3 is 0 Å². The number of benzene rings is 1. The smallest absolute Gasteiger partial charge is 0.231 e. The van der Waals surface area contributed by atoms with E-state index in [1.54, 1.807) is 36.7 Å². The second-order valence-corrected chi connectivity index (χ2v) is 5.37. The first kappa shape index (κ1) is 15.1. The Kier molecular flexibility index (Phi) is 3.99. The molecule has 3 aromatic rings. The van der Waals surface area contributed by atoms with Crippen LogP contribution in [0.3, 0.4) is 0 Å². The molecule has 0 atom stereocenters. The average Bonchev–Trinajstić information content (AvgIpc) is 3.30. The van der Waals surface area contributed by atoms with Crippen LogP contribution in [0.2, 0.25) is 0 Å². The van der Waals surface area contributed by atoms with Crippen LogP contribution in [0.5, 0.6) is 11.5 Å². The second kappa shape index (κ2) is 6.60. The first-order chi connectivity index (χ1) is 12.3. The highest BCUT2D eigenvalue weighted by Gasteiger charge is 2.15. The molecule has 1 aromatic carbocycles. The average molecular weight is 338 g/mol. The molecule has 8 nitrogen and oxygen atoms in total. The summed E-state index contributed by atoms with van der Waals surface area (Å²) in [5, 5.41) is 6.71. The van der Waals surface area contributed by atoms with Crippen LogP contribution in [-0.2, 0) is 11.2 Å². The van der Waals surface area contributed by atoms with E-state index < -0.39 is 0 Å². The number of hydrogen-bond acceptors (Lipinski definition) is 7. The van der Waals surface area contributed by atoms with Gasteiger partial charge in [0.2, 0.25) is 24.4 Å². The highest BCUT2D eigenvalue weighted by atomic mass is 16.7. The van der Waals surface area contributed by atoms with Crippen LogP contribution < -0.4 is 14.8 Å². The van der Waals surface area contributed by atoms with Gasteiger partial charge in [-0.1, -0.05) is 5.16 Å². The molecule has 1 aliphatic heterocycles. The van der Waals surface area contributed by atoms with E-state index in [1.165, 1.54) is 0 Å². The van der Waals surface area contributed by atoms with Gasteiger partial charge in [0.25, 0.3) is 0 Å². The monoisotopic (exact) mass is 338 g/mol. The van der Waals surface area contributed by atoms with Crippen molar-refractivity contribution in [3.8, 4) is 22.9 Å². The molecule has 0 saturated heterocycles. The zero-order valence-corrected chi connectivity index (χ0v) is 13.1. The Labute approximate surface area is 142 Å². The molecular weight excluding hydrogens is 324 g/mol. The maximum atomic E-state index is 12.1. The summed E-state index contributed by atoms with van der Waals surface area (Å²) in [6.07, 6.45) is 3.90. The van der Waals surface area contributed by atoms with Crippen LogP contribution in [0.25, 0.3) is 11.4 Å². The molecule has 126 valence electrons. The van der Waals surface area contributed by atoms with Gasteiger partial charge in [0.15, 0.2) is 11.5 Å². The number of hydrogen-bond donors (Lipinski definition) is 1. The number of nitrogens with zero attached hydrogens (tertiary/aromatic N) is 3. The summed E-state index contributed by atoms with van der Waals surface area (Å²) in [7, 11) is 0. The Morgan fingerprint density at radius 3 is 3.00 bits per heavy atom. The van der Waals surface area contributed by atoms with Gasteiger partial charge in [-0.25, -0.2) is 0 Å². The molecule has 1 amide bonds. The van der Waals surface area contributed by atoms with Crippen molar-refractivity contribution in [2.75, 3.05) is 12.1 Å². The van der Waals surface area contributed by atoms with Crippen LogP contribution in [0.15, 0.2) is 47.2 Å². The summed E-state index contributed by atoms with van der Waals surface area (Å²) in [6.45, 7) is 0.198. The molecule has 8 heteroatoms. The lowest BCUT2D eigenvalue weighted by Gasteiger charge is -2.05. The number of carbonyl (C=O) groups excluding carboxylic acids is 1. The molecular formula is C17H14N4O4. The highest BCUT2D eigenvalue weighted by molar-refractivity contribution is 5.91. The Hall–Kier alpha value is -3.42. The quantitative estimate of drug-likeness (QED) is 0.762. The lowest BCUT2D eigenvalue weighted by atomic mass is 10.2. The molecule has 2 aromatic heterocycles. The van der Waals surface area contributed by atoms with Crippen molar-refractivity contribution >= 4 is 11.6 Å². The predicted octanol–water partition coefficient (Wildman–Crippen LogP) is 2.43. The van der Waals surface area contributed by atoms with Gasteiger partial charge in [-0.3, -0.25) is 9.78 Å². The van der Waals surface area contributed by atoms with Gasteiger partial charge in [-0.05, 0) is 24.3 Å². The molecule has 25 heavy (non-hydrogen) atoms. The van der Waals surface area contributed by atoms with Crippen molar-refractivity contribution in [1.82, 2.24) is 15.1 Å². The van der Waals surface area contributed by atoms with Gasteiger partial charge < -0.3 is 19.3 Å². The van der Waals surface area contributed by atoms with E-state index in [-0.39, 0.29) is 19.1 Å². The Bertz CT molecular complexity index is 895. The highest BCUT2D eigenvalue weighted by Crippen LogP contribution is 2.34.